The van der Waals surface area contributed by atoms with Crippen LogP contribution in [0.3, 0.4) is 0 Å². The molecular weight excluding hydrogens is 647 g/mol. The molecule has 0 aliphatic carbocycles. The zero-order chi connectivity index (χ0) is 28.2. The number of rotatable bonds is 10. The summed E-state index contributed by atoms with van der Waals surface area (Å²) in [5.74, 6) is -0.728. The second-order valence-corrected chi connectivity index (χ2v) is 11.4. The summed E-state index contributed by atoms with van der Waals surface area (Å²) < 4.78 is 50.8. The number of nitrogens with one attached hydrogen (secondary N) is 1. The quantitative estimate of drug-likeness (QED) is 0.168. The zero-order valence-corrected chi connectivity index (χ0v) is 24.2. The van der Waals surface area contributed by atoms with Crippen molar-refractivity contribution in [2.45, 2.75) is 37.9 Å². The molecule has 1 N–H and O–H groups in total. The summed E-state index contributed by atoms with van der Waals surface area (Å²) in [6, 6.07) is 14.2. The van der Waals surface area contributed by atoms with E-state index < -0.39 is 33.8 Å². The number of hydrogen-bond acceptors (Lipinski definition) is 9. The van der Waals surface area contributed by atoms with E-state index in [2.05, 4.69) is 39.6 Å². The Bertz CT molecular complexity index is 1460. The van der Waals surface area contributed by atoms with Crippen LogP contribution in [-0.2, 0) is 14.4 Å². The maximum atomic E-state index is 12.8. The van der Waals surface area contributed by atoms with E-state index in [9.17, 15) is 11.8 Å². The van der Waals surface area contributed by atoms with E-state index in [1.807, 2.05) is 24.3 Å². The minimum absolute atomic E-state index is 0.00723. The molecule has 0 bridgehead atoms. The largest absolute Gasteiger partial charge is 0.415 e. The van der Waals surface area contributed by atoms with Crippen LogP contribution in [0.1, 0.15) is 30.9 Å². The molecule has 6 rings (SSSR count). The highest BCUT2D eigenvalue weighted by atomic mass is 127. The van der Waals surface area contributed by atoms with Gasteiger partial charge < -0.3 is 14.5 Å². The fourth-order valence-corrected chi connectivity index (χ4v) is 6.55. The van der Waals surface area contributed by atoms with Gasteiger partial charge in [-0.3, -0.25) is 18.0 Å². The van der Waals surface area contributed by atoms with Gasteiger partial charge in [-0.15, -0.1) is 10.2 Å². The second-order valence-electron chi connectivity index (χ2n) is 9.94. The third kappa shape index (κ3) is 6.26. The number of benzene rings is 1. The Morgan fingerprint density at radius 3 is 2.44 bits per heavy atom. The number of nitrogens with zero attached hydrogens (tertiary/aromatic N) is 6. The molecule has 214 valence electrons. The molecule has 5 heterocycles. The van der Waals surface area contributed by atoms with Gasteiger partial charge in [0.15, 0.2) is 0 Å². The topological polar surface area (TPSA) is 110 Å². The van der Waals surface area contributed by atoms with E-state index >= 15 is 0 Å². The molecule has 0 spiro atoms. The Morgan fingerprint density at radius 2 is 1.80 bits per heavy atom. The normalized spacial score (nSPS) is 16.6. The van der Waals surface area contributed by atoms with E-state index in [4.69, 9.17) is 9.15 Å². The van der Waals surface area contributed by atoms with Crippen LogP contribution >= 0.6 is 21.5 Å². The molecule has 10 nitrogen and oxygen atoms in total. The van der Waals surface area contributed by atoms with Crippen molar-refractivity contribution in [3.63, 3.8) is 0 Å². The smallest absolute Gasteiger partial charge is 0.314 e. The lowest BCUT2D eigenvalue weighted by atomic mass is 10.0. The zero-order valence-electron chi connectivity index (χ0n) is 22.0. The lowest BCUT2D eigenvalue weighted by Crippen LogP contribution is -2.53. The molecule has 0 amide bonds. The highest BCUT2D eigenvalue weighted by molar-refractivity contribution is 14.1. The van der Waals surface area contributed by atoms with Gasteiger partial charge in [0.2, 0.25) is 5.89 Å². The monoisotopic (exact) mass is 675 g/mol. The number of likely N-dealkylation sites (tertiary alicyclic amines) is 1. The molecule has 2 aliphatic rings. The first kappa shape index (κ1) is 27.7. The van der Waals surface area contributed by atoms with Crippen LogP contribution in [0.25, 0.3) is 22.6 Å². The van der Waals surface area contributed by atoms with Crippen molar-refractivity contribution in [1.82, 2.24) is 25.1 Å². The Kier molecular flexibility index (Phi) is 8.53. The van der Waals surface area contributed by atoms with Crippen molar-refractivity contribution >= 4 is 32.8 Å². The highest BCUT2D eigenvalue weighted by Gasteiger charge is 2.32. The van der Waals surface area contributed by atoms with Crippen LogP contribution in [0.2, 0.25) is 0 Å². The molecule has 2 fully saturated rings. The van der Waals surface area contributed by atoms with Gasteiger partial charge in [-0.25, -0.2) is 3.07 Å². The minimum atomic E-state index is -2.83. The van der Waals surface area contributed by atoms with Crippen molar-refractivity contribution in [2.24, 2.45) is 0 Å². The van der Waals surface area contributed by atoms with Gasteiger partial charge in [0.05, 0.1) is 48.4 Å². The fourth-order valence-electron chi connectivity index (χ4n) is 5.06. The number of anilines is 2. The Balaban J connectivity index is 1.21. The Hall–Kier alpha value is -3.43. The number of ether oxygens (including phenoxy) is 1. The molecule has 3 aromatic heterocycles. The molecule has 2 aliphatic heterocycles. The van der Waals surface area contributed by atoms with Gasteiger partial charge in [0.1, 0.15) is 0 Å². The highest BCUT2D eigenvalue weighted by Crippen LogP contribution is 2.39. The minimum Gasteiger partial charge on any atom is -0.415 e. The molecule has 2 saturated heterocycles. The molecule has 1 aromatic carbocycles. The number of halogens is 3. The molecule has 0 saturated carbocycles. The Labute approximate surface area is 246 Å². The third-order valence-electron chi connectivity index (χ3n) is 7.43. The standard InChI is InChI=1S/C28H28F2IN7O3/c29-26(30)28-36-35-27(41-28)20-1-3-21(33-14-20)15-34-24-4-2-19(18-5-9-32-10-6-18)13-25(24)38(31-39)22-7-11-37(12-8-22)23-16-40-17-23/h1-6,9-10,13-14,22-23,26,34H,7-8,11-12,15-17H2. The maximum absolute atomic E-state index is 12.8. The van der Waals surface area contributed by atoms with Crippen LogP contribution in [0, 0.1) is 0 Å². The number of alkyl halides is 2. The lowest BCUT2D eigenvalue weighted by molar-refractivity contribution is -0.0707. The van der Waals surface area contributed by atoms with E-state index in [1.165, 1.54) is 6.20 Å². The van der Waals surface area contributed by atoms with Crippen molar-refractivity contribution in [2.75, 3.05) is 34.7 Å². The second kappa shape index (κ2) is 12.6. The van der Waals surface area contributed by atoms with Crippen molar-refractivity contribution in [3.8, 4) is 22.6 Å². The van der Waals surface area contributed by atoms with Crippen LogP contribution in [0.15, 0.2) is 65.5 Å². The molecular formula is C28H28F2IN7O3. The molecule has 0 radical (unpaired) electrons. The van der Waals surface area contributed by atoms with Crippen LogP contribution in [-0.4, -0.2) is 63.5 Å². The summed E-state index contributed by atoms with van der Waals surface area (Å²) in [5, 5.41) is 10.5. The number of aromatic nitrogens is 4. The predicted octanol–water partition coefficient (Wildman–Crippen LogP) is 5.64. The molecule has 4 aromatic rings. The number of piperidine rings is 1. The van der Waals surface area contributed by atoms with E-state index in [0.717, 1.165) is 67.3 Å². The summed E-state index contributed by atoms with van der Waals surface area (Å²) in [6.45, 7) is 3.91. The van der Waals surface area contributed by atoms with Crippen LogP contribution < -0.4 is 8.43 Å². The van der Waals surface area contributed by atoms with Crippen LogP contribution in [0.4, 0.5) is 20.2 Å². The molecule has 0 unspecified atom stereocenters. The summed E-state index contributed by atoms with van der Waals surface area (Å²) in [6.07, 6.45) is 4.08. The van der Waals surface area contributed by atoms with Crippen LogP contribution in [0.5, 0.6) is 0 Å². The molecule has 0 atom stereocenters. The van der Waals surface area contributed by atoms with Gasteiger partial charge in [0, 0.05) is 37.7 Å². The number of hydrogen-bond donors (Lipinski definition) is 1. The van der Waals surface area contributed by atoms with Gasteiger partial charge in [-0.05, 0) is 60.4 Å². The van der Waals surface area contributed by atoms with Crippen molar-refractivity contribution in [3.05, 3.63) is 72.6 Å². The van der Waals surface area contributed by atoms with Gasteiger partial charge in [0.25, 0.3) is 27.4 Å². The first-order valence-corrected chi connectivity index (χ1v) is 15.2. The number of pyridine rings is 2. The summed E-state index contributed by atoms with van der Waals surface area (Å²) in [7, 11) is 0. The van der Waals surface area contributed by atoms with E-state index in [1.54, 1.807) is 24.5 Å². The first-order chi connectivity index (χ1) is 20.1. The third-order valence-corrected chi connectivity index (χ3v) is 9.16. The molecule has 41 heavy (non-hydrogen) atoms. The SMILES string of the molecule is O=IN(c1cc(-c2ccncc2)ccc1NCc1ccc(-c2nnc(C(F)F)o2)cn1)C1CCN(C2COC2)CC1. The average Bonchev–Trinajstić information content (AvgIpc) is 3.49. The maximum Gasteiger partial charge on any atom is 0.314 e. The van der Waals surface area contributed by atoms with Gasteiger partial charge >= 0.3 is 6.43 Å². The van der Waals surface area contributed by atoms with Gasteiger partial charge in [-0.2, -0.15) is 8.78 Å². The van der Waals surface area contributed by atoms with Gasteiger partial charge in [-0.1, -0.05) is 6.07 Å². The first-order valence-electron chi connectivity index (χ1n) is 13.3. The average molecular weight is 675 g/mol. The fraction of sp³-hybridized carbons (Fsp3) is 0.357. The summed E-state index contributed by atoms with van der Waals surface area (Å²) in [4.78, 5) is 11.1. The van der Waals surface area contributed by atoms with E-state index in [0.29, 0.717) is 18.2 Å². The summed E-state index contributed by atoms with van der Waals surface area (Å²) >= 11 is -1.49. The van der Waals surface area contributed by atoms with Crippen molar-refractivity contribution in [1.29, 1.82) is 0 Å². The van der Waals surface area contributed by atoms with Crippen molar-refractivity contribution < 1.29 is 21.0 Å². The predicted molar refractivity (Wildman–Crippen MR) is 156 cm³/mol. The Morgan fingerprint density at radius 1 is 1.02 bits per heavy atom. The lowest BCUT2D eigenvalue weighted by Gasteiger charge is -2.43. The van der Waals surface area contributed by atoms with E-state index in [-0.39, 0.29) is 11.9 Å². The molecule has 13 heteroatoms. The summed E-state index contributed by atoms with van der Waals surface area (Å²) in [5.41, 5.74) is 4.99.